The molecule has 164 valence electrons. The van der Waals surface area contributed by atoms with Gasteiger partial charge in [-0.05, 0) is 86.4 Å². The van der Waals surface area contributed by atoms with Gasteiger partial charge in [-0.2, -0.15) is 0 Å². The number of carbonyl (C=O) groups excluding carboxylic acids is 1. The largest absolute Gasteiger partial charge is 0.307 e. The third-order valence-corrected chi connectivity index (χ3v) is 6.90. The van der Waals surface area contributed by atoms with E-state index in [1.54, 1.807) is 24.3 Å². The minimum atomic E-state index is -0.268. The van der Waals surface area contributed by atoms with Gasteiger partial charge in [-0.25, -0.2) is 8.78 Å². The molecule has 1 spiro atoms. The summed E-state index contributed by atoms with van der Waals surface area (Å²) in [6, 6.07) is 19.1. The normalized spacial score (nSPS) is 17.5. The topological polar surface area (TPSA) is 23.6 Å². The van der Waals surface area contributed by atoms with Crippen LogP contribution >= 0.6 is 0 Å². The molecule has 3 aromatic carbocycles. The Morgan fingerprint density at radius 1 is 0.938 bits per heavy atom. The molecule has 0 aromatic heterocycles. The summed E-state index contributed by atoms with van der Waals surface area (Å²) in [7, 11) is 0. The fourth-order valence-corrected chi connectivity index (χ4v) is 5.22. The first-order chi connectivity index (χ1) is 15.4. The van der Waals surface area contributed by atoms with Gasteiger partial charge in [-0.3, -0.25) is 9.69 Å². The number of piperidine rings is 1. The van der Waals surface area contributed by atoms with Crippen LogP contribution in [0.2, 0.25) is 0 Å². The van der Waals surface area contributed by atoms with Gasteiger partial charge in [0.05, 0.1) is 0 Å². The molecule has 0 radical (unpaired) electrons. The number of aryl methyl sites for hydroxylation is 1. The summed E-state index contributed by atoms with van der Waals surface area (Å²) < 4.78 is 27.8. The Morgan fingerprint density at radius 2 is 1.69 bits per heavy atom. The van der Waals surface area contributed by atoms with E-state index in [2.05, 4.69) is 4.90 Å². The number of hydrogen-bond donors (Lipinski definition) is 0. The Hall–Kier alpha value is -3.05. The van der Waals surface area contributed by atoms with Crippen LogP contribution in [0, 0.1) is 18.6 Å². The maximum Gasteiger partial charge on any atom is 0.258 e. The predicted molar refractivity (Wildman–Crippen MR) is 122 cm³/mol. The van der Waals surface area contributed by atoms with Gasteiger partial charge >= 0.3 is 0 Å². The molecule has 0 bridgehead atoms. The van der Waals surface area contributed by atoms with E-state index in [1.807, 2.05) is 42.2 Å². The van der Waals surface area contributed by atoms with Gasteiger partial charge in [-0.15, -0.1) is 0 Å². The maximum atomic E-state index is 14.3. The van der Waals surface area contributed by atoms with Crippen molar-refractivity contribution in [3.8, 4) is 0 Å². The van der Waals surface area contributed by atoms with Gasteiger partial charge in [0.15, 0.2) is 0 Å². The molecule has 2 heterocycles. The minimum Gasteiger partial charge on any atom is -0.307 e. The van der Waals surface area contributed by atoms with Crippen molar-refractivity contribution in [2.24, 2.45) is 0 Å². The SMILES string of the molecule is Cc1cccc(C(=O)N2CC3(CCN(Cc4cccc(F)c4)CC3)c3cc(F)ccc32)c1. The Kier molecular flexibility index (Phi) is 5.30. The fraction of sp³-hybridized carbons (Fsp3) is 0.296. The summed E-state index contributed by atoms with van der Waals surface area (Å²) in [6.07, 6.45) is 1.66. The van der Waals surface area contributed by atoms with E-state index in [9.17, 15) is 13.6 Å². The molecule has 0 unspecified atom stereocenters. The zero-order valence-corrected chi connectivity index (χ0v) is 18.2. The van der Waals surface area contributed by atoms with Gasteiger partial charge in [0, 0.05) is 29.8 Å². The molecule has 0 aliphatic carbocycles. The quantitative estimate of drug-likeness (QED) is 0.548. The van der Waals surface area contributed by atoms with Crippen molar-refractivity contribution >= 4 is 11.6 Å². The summed E-state index contributed by atoms with van der Waals surface area (Å²) in [5, 5.41) is 0. The van der Waals surface area contributed by atoms with Gasteiger partial charge in [0.2, 0.25) is 0 Å². The number of nitrogens with zero attached hydrogens (tertiary/aromatic N) is 2. The second-order valence-electron chi connectivity index (χ2n) is 9.11. The highest BCUT2D eigenvalue weighted by molar-refractivity contribution is 6.07. The zero-order chi connectivity index (χ0) is 22.3. The van der Waals surface area contributed by atoms with E-state index >= 15 is 0 Å². The Morgan fingerprint density at radius 3 is 2.44 bits per heavy atom. The molecule has 3 aromatic rings. The second kappa shape index (κ2) is 8.14. The van der Waals surface area contributed by atoms with Crippen molar-refractivity contribution in [3.05, 3.63) is 101 Å². The van der Waals surface area contributed by atoms with Crippen molar-refractivity contribution in [1.29, 1.82) is 0 Å². The number of hydrogen-bond acceptors (Lipinski definition) is 2. The van der Waals surface area contributed by atoms with Crippen LogP contribution in [-0.4, -0.2) is 30.4 Å². The molecule has 3 nitrogen and oxygen atoms in total. The molecule has 0 N–H and O–H groups in total. The number of benzene rings is 3. The average molecular weight is 433 g/mol. The average Bonchev–Trinajstić information content (AvgIpc) is 3.08. The highest BCUT2D eigenvalue weighted by Gasteiger charge is 2.46. The van der Waals surface area contributed by atoms with Crippen molar-refractivity contribution in [1.82, 2.24) is 4.90 Å². The molecule has 5 rings (SSSR count). The van der Waals surface area contributed by atoms with Crippen LogP contribution in [0.3, 0.4) is 0 Å². The first-order valence-electron chi connectivity index (χ1n) is 11.1. The van der Waals surface area contributed by atoms with Crippen molar-refractivity contribution in [3.63, 3.8) is 0 Å². The van der Waals surface area contributed by atoms with E-state index in [4.69, 9.17) is 0 Å². The second-order valence-corrected chi connectivity index (χ2v) is 9.11. The van der Waals surface area contributed by atoms with E-state index in [0.29, 0.717) is 18.7 Å². The fourth-order valence-electron chi connectivity index (χ4n) is 5.22. The van der Waals surface area contributed by atoms with Crippen LogP contribution < -0.4 is 4.90 Å². The molecular weight excluding hydrogens is 406 g/mol. The molecule has 0 atom stereocenters. The summed E-state index contributed by atoms with van der Waals surface area (Å²) >= 11 is 0. The maximum absolute atomic E-state index is 14.3. The summed E-state index contributed by atoms with van der Waals surface area (Å²) in [5.74, 6) is -0.530. The Balaban J connectivity index is 1.39. The highest BCUT2D eigenvalue weighted by Crippen LogP contribution is 2.47. The minimum absolute atomic E-state index is 0.0411. The van der Waals surface area contributed by atoms with Crippen LogP contribution in [0.25, 0.3) is 0 Å². The summed E-state index contributed by atoms with van der Waals surface area (Å²) in [5.41, 5.74) is 4.14. The lowest BCUT2D eigenvalue weighted by Crippen LogP contribution is -2.45. The lowest BCUT2D eigenvalue weighted by molar-refractivity contribution is 0.0975. The molecule has 2 aliphatic heterocycles. The standard InChI is InChI=1S/C27H26F2N2O/c1-19-4-2-6-21(14-19)26(32)31-18-27(24-16-23(29)8-9-25(24)31)10-12-30(13-11-27)17-20-5-3-7-22(28)15-20/h2-9,14-16H,10-13,17-18H2,1H3. The molecule has 32 heavy (non-hydrogen) atoms. The predicted octanol–water partition coefficient (Wildman–Crippen LogP) is 5.47. The first kappa shape index (κ1) is 20.8. The first-order valence-corrected chi connectivity index (χ1v) is 11.1. The molecule has 5 heteroatoms. The van der Waals surface area contributed by atoms with E-state index in [0.717, 1.165) is 48.3 Å². The van der Waals surface area contributed by atoms with Gasteiger partial charge in [0.25, 0.3) is 5.91 Å². The van der Waals surface area contributed by atoms with Crippen LogP contribution in [0.15, 0.2) is 66.7 Å². The number of carbonyl (C=O) groups is 1. The number of halogens is 2. The Bertz CT molecular complexity index is 1170. The van der Waals surface area contributed by atoms with Crippen LogP contribution in [0.4, 0.5) is 14.5 Å². The van der Waals surface area contributed by atoms with Crippen molar-refractivity contribution in [2.45, 2.75) is 31.7 Å². The number of likely N-dealkylation sites (tertiary alicyclic amines) is 1. The van der Waals surface area contributed by atoms with Gasteiger partial charge < -0.3 is 4.90 Å². The third-order valence-electron chi connectivity index (χ3n) is 6.90. The van der Waals surface area contributed by atoms with Crippen LogP contribution in [0.5, 0.6) is 0 Å². The molecule has 1 amide bonds. The van der Waals surface area contributed by atoms with Crippen LogP contribution in [-0.2, 0) is 12.0 Å². The molecule has 1 fully saturated rings. The highest BCUT2D eigenvalue weighted by atomic mass is 19.1. The lowest BCUT2D eigenvalue weighted by atomic mass is 9.74. The van der Waals surface area contributed by atoms with Crippen LogP contribution in [0.1, 0.15) is 39.9 Å². The lowest BCUT2D eigenvalue weighted by Gasteiger charge is -2.40. The summed E-state index contributed by atoms with van der Waals surface area (Å²) in [6.45, 7) is 4.86. The van der Waals surface area contributed by atoms with Crippen molar-refractivity contribution in [2.75, 3.05) is 24.5 Å². The molecule has 2 aliphatic rings. The van der Waals surface area contributed by atoms with E-state index < -0.39 is 0 Å². The van der Waals surface area contributed by atoms with Crippen molar-refractivity contribution < 1.29 is 13.6 Å². The Labute approximate surface area is 187 Å². The molecular formula is C27H26F2N2O. The number of rotatable bonds is 3. The summed E-state index contributed by atoms with van der Waals surface area (Å²) in [4.78, 5) is 17.5. The van der Waals surface area contributed by atoms with E-state index in [1.165, 1.54) is 12.1 Å². The number of fused-ring (bicyclic) bond motifs is 2. The zero-order valence-electron chi connectivity index (χ0n) is 18.2. The number of anilines is 1. The van der Waals surface area contributed by atoms with Gasteiger partial charge in [-0.1, -0.05) is 29.8 Å². The molecule has 1 saturated heterocycles. The number of amides is 1. The monoisotopic (exact) mass is 432 g/mol. The van der Waals surface area contributed by atoms with Gasteiger partial charge in [0.1, 0.15) is 11.6 Å². The molecule has 0 saturated carbocycles. The smallest absolute Gasteiger partial charge is 0.258 e. The van der Waals surface area contributed by atoms with E-state index in [-0.39, 0.29) is 23.0 Å². The third kappa shape index (κ3) is 3.82.